The molecule has 92 valence electrons. The second kappa shape index (κ2) is 8.05. The van der Waals surface area contributed by atoms with E-state index in [2.05, 4.69) is 19.2 Å². The number of hydrogen-bond donors (Lipinski definition) is 2. The number of hydrogen-bond acceptors (Lipinski definition) is 4. The molecule has 1 unspecified atom stereocenters. The summed E-state index contributed by atoms with van der Waals surface area (Å²) >= 11 is 0. The minimum Gasteiger partial charge on any atom is -0.394 e. The Morgan fingerprint density at radius 1 is 1.33 bits per heavy atom. The van der Waals surface area contributed by atoms with E-state index in [1.807, 2.05) is 6.92 Å². The second-order valence-electron chi connectivity index (χ2n) is 4.42. The molecule has 0 spiro atoms. The molecule has 0 aliphatic heterocycles. The summed E-state index contributed by atoms with van der Waals surface area (Å²) < 4.78 is 10.4. The van der Waals surface area contributed by atoms with E-state index in [9.17, 15) is 5.11 Å². The zero-order valence-electron chi connectivity index (χ0n) is 10.4. The zero-order chi connectivity index (χ0) is 11.7. The lowest BCUT2D eigenvalue weighted by atomic mass is 10.0. The van der Waals surface area contributed by atoms with E-state index >= 15 is 0 Å². The van der Waals surface area contributed by atoms with Crippen molar-refractivity contribution in [3.63, 3.8) is 0 Å². The van der Waals surface area contributed by atoms with Crippen molar-refractivity contribution in [2.75, 3.05) is 33.5 Å². The first kappa shape index (κ1) is 14.8. The maximum Gasteiger partial charge on any atom is 0.0668 e. The maximum absolute atomic E-state index is 9.27. The average molecular weight is 219 g/mol. The van der Waals surface area contributed by atoms with E-state index in [0.29, 0.717) is 25.9 Å². The molecule has 0 fully saturated rings. The van der Waals surface area contributed by atoms with Crippen molar-refractivity contribution in [1.29, 1.82) is 0 Å². The van der Waals surface area contributed by atoms with Gasteiger partial charge in [-0.25, -0.2) is 0 Å². The Kier molecular flexibility index (Phi) is 7.96. The highest BCUT2D eigenvalue weighted by Crippen LogP contribution is 2.05. The Morgan fingerprint density at radius 2 is 2.00 bits per heavy atom. The third kappa shape index (κ3) is 7.73. The van der Waals surface area contributed by atoms with Gasteiger partial charge in [0.1, 0.15) is 0 Å². The molecule has 0 aromatic rings. The first-order valence-corrected chi connectivity index (χ1v) is 5.49. The zero-order valence-corrected chi connectivity index (χ0v) is 10.4. The molecule has 15 heavy (non-hydrogen) atoms. The van der Waals surface area contributed by atoms with Crippen LogP contribution >= 0.6 is 0 Å². The first-order valence-electron chi connectivity index (χ1n) is 5.49. The number of methoxy groups -OCH3 is 1. The molecule has 0 saturated carbocycles. The standard InChI is InChI=1S/C11H25NO3/c1-10(2)12-11(3,8-13)9-15-7-5-6-14-4/h10,12-13H,5-9H2,1-4H3. The summed E-state index contributed by atoms with van der Waals surface area (Å²) in [5.74, 6) is 0. The molecule has 0 heterocycles. The summed E-state index contributed by atoms with van der Waals surface area (Å²) in [6, 6.07) is 0.338. The SMILES string of the molecule is COCCCOCC(C)(CO)NC(C)C. The van der Waals surface area contributed by atoms with Crippen LogP contribution in [0, 0.1) is 0 Å². The Bertz CT molecular complexity index is 153. The summed E-state index contributed by atoms with van der Waals surface area (Å²) in [7, 11) is 1.68. The van der Waals surface area contributed by atoms with Gasteiger partial charge in [-0.1, -0.05) is 13.8 Å². The smallest absolute Gasteiger partial charge is 0.0668 e. The van der Waals surface area contributed by atoms with Gasteiger partial charge in [-0.15, -0.1) is 0 Å². The Hall–Kier alpha value is -0.160. The highest BCUT2D eigenvalue weighted by molar-refractivity contribution is 4.83. The molecule has 0 aromatic heterocycles. The van der Waals surface area contributed by atoms with Crippen molar-refractivity contribution < 1.29 is 14.6 Å². The molecule has 2 N–H and O–H groups in total. The van der Waals surface area contributed by atoms with Crippen LogP contribution in [0.1, 0.15) is 27.2 Å². The first-order chi connectivity index (χ1) is 7.04. The normalized spacial score (nSPS) is 15.6. The van der Waals surface area contributed by atoms with Gasteiger partial charge in [0.25, 0.3) is 0 Å². The lowest BCUT2D eigenvalue weighted by Crippen LogP contribution is -2.52. The van der Waals surface area contributed by atoms with Gasteiger partial charge >= 0.3 is 0 Å². The molecule has 0 bridgehead atoms. The van der Waals surface area contributed by atoms with Crippen molar-refractivity contribution in [3.8, 4) is 0 Å². The van der Waals surface area contributed by atoms with Gasteiger partial charge < -0.3 is 19.9 Å². The van der Waals surface area contributed by atoms with Gasteiger partial charge in [-0.3, -0.25) is 0 Å². The van der Waals surface area contributed by atoms with Crippen LogP contribution in [-0.2, 0) is 9.47 Å². The van der Waals surface area contributed by atoms with E-state index in [0.717, 1.165) is 6.42 Å². The van der Waals surface area contributed by atoms with Crippen LogP contribution in [0.25, 0.3) is 0 Å². The predicted molar refractivity (Wildman–Crippen MR) is 61.1 cm³/mol. The van der Waals surface area contributed by atoms with Crippen LogP contribution in [0.3, 0.4) is 0 Å². The van der Waals surface area contributed by atoms with E-state index < -0.39 is 0 Å². The van der Waals surface area contributed by atoms with Crippen molar-refractivity contribution in [3.05, 3.63) is 0 Å². The second-order valence-corrected chi connectivity index (χ2v) is 4.42. The molecule has 0 aliphatic carbocycles. The summed E-state index contributed by atoms with van der Waals surface area (Å²) in [5.41, 5.74) is -0.346. The largest absolute Gasteiger partial charge is 0.394 e. The predicted octanol–water partition coefficient (Wildman–Crippen LogP) is 0.788. The molecule has 0 aliphatic rings. The molecule has 4 nitrogen and oxygen atoms in total. The van der Waals surface area contributed by atoms with Crippen LogP contribution in [0.5, 0.6) is 0 Å². The van der Waals surface area contributed by atoms with E-state index in [-0.39, 0.29) is 12.1 Å². The van der Waals surface area contributed by atoms with Gasteiger partial charge in [0.2, 0.25) is 0 Å². The molecule has 1 atom stereocenters. The topological polar surface area (TPSA) is 50.7 Å². The van der Waals surface area contributed by atoms with Gasteiger partial charge in [-0.05, 0) is 13.3 Å². The fourth-order valence-electron chi connectivity index (χ4n) is 1.43. The summed E-state index contributed by atoms with van der Waals surface area (Å²) in [6.45, 7) is 8.05. The number of ether oxygens (including phenoxy) is 2. The highest BCUT2D eigenvalue weighted by Gasteiger charge is 2.23. The monoisotopic (exact) mass is 219 g/mol. The molecular formula is C11H25NO3. The van der Waals surface area contributed by atoms with Crippen LogP contribution in [0.4, 0.5) is 0 Å². The van der Waals surface area contributed by atoms with Crippen LogP contribution < -0.4 is 5.32 Å². The highest BCUT2D eigenvalue weighted by atomic mass is 16.5. The third-order valence-electron chi connectivity index (χ3n) is 2.04. The Balaban J connectivity index is 3.68. The fraction of sp³-hybridized carbons (Fsp3) is 1.00. The van der Waals surface area contributed by atoms with E-state index in [1.165, 1.54) is 0 Å². The molecule has 0 aromatic carbocycles. The van der Waals surface area contributed by atoms with Crippen LogP contribution in [0.15, 0.2) is 0 Å². The van der Waals surface area contributed by atoms with Gasteiger partial charge in [-0.2, -0.15) is 0 Å². The van der Waals surface area contributed by atoms with Crippen molar-refractivity contribution in [2.45, 2.75) is 38.8 Å². The van der Waals surface area contributed by atoms with E-state index in [4.69, 9.17) is 9.47 Å². The number of rotatable bonds is 9. The molecule has 0 rings (SSSR count). The Morgan fingerprint density at radius 3 is 2.47 bits per heavy atom. The lowest BCUT2D eigenvalue weighted by molar-refractivity contribution is 0.0319. The van der Waals surface area contributed by atoms with Gasteiger partial charge in [0, 0.05) is 26.4 Å². The lowest BCUT2D eigenvalue weighted by Gasteiger charge is -2.30. The van der Waals surface area contributed by atoms with Crippen molar-refractivity contribution >= 4 is 0 Å². The third-order valence-corrected chi connectivity index (χ3v) is 2.04. The molecule has 0 radical (unpaired) electrons. The molecule has 0 saturated heterocycles. The summed E-state index contributed by atoms with van der Waals surface area (Å²) in [4.78, 5) is 0. The minimum absolute atomic E-state index is 0.0788. The quantitative estimate of drug-likeness (QED) is 0.563. The maximum atomic E-state index is 9.27. The average Bonchev–Trinajstić information content (AvgIpc) is 2.16. The number of nitrogens with one attached hydrogen (secondary N) is 1. The summed E-state index contributed by atoms with van der Waals surface area (Å²) in [5, 5.41) is 12.6. The molecular weight excluding hydrogens is 194 g/mol. The number of aliphatic hydroxyl groups excluding tert-OH is 1. The van der Waals surface area contributed by atoms with Gasteiger partial charge in [0.05, 0.1) is 18.8 Å². The van der Waals surface area contributed by atoms with Crippen molar-refractivity contribution in [2.24, 2.45) is 0 Å². The number of aliphatic hydroxyl groups is 1. The van der Waals surface area contributed by atoms with Crippen LogP contribution in [-0.4, -0.2) is 50.2 Å². The Labute approximate surface area is 93.0 Å². The molecule has 4 heteroatoms. The summed E-state index contributed by atoms with van der Waals surface area (Å²) in [6.07, 6.45) is 0.889. The van der Waals surface area contributed by atoms with E-state index in [1.54, 1.807) is 7.11 Å². The minimum atomic E-state index is -0.346. The van der Waals surface area contributed by atoms with Gasteiger partial charge in [0.15, 0.2) is 0 Å². The van der Waals surface area contributed by atoms with Crippen molar-refractivity contribution in [1.82, 2.24) is 5.32 Å². The fourth-order valence-corrected chi connectivity index (χ4v) is 1.43. The van der Waals surface area contributed by atoms with Crippen LogP contribution in [0.2, 0.25) is 0 Å². The molecule has 0 amide bonds.